The zero-order valence-electron chi connectivity index (χ0n) is 15.2. The van der Waals surface area contributed by atoms with Gasteiger partial charge in [0, 0.05) is 25.7 Å². The predicted molar refractivity (Wildman–Crippen MR) is 103 cm³/mol. The van der Waals surface area contributed by atoms with Crippen LogP contribution in [0.25, 0.3) is 6.08 Å². The lowest BCUT2D eigenvalue weighted by molar-refractivity contribution is -0.116. The molecule has 1 aliphatic rings. The van der Waals surface area contributed by atoms with Gasteiger partial charge in [-0.05, 0) is 41.5 Å². The van der Waals surface area contributed by atoms with Crippen molar-refractivity contribution in [2.75, 3.05) is 26.3 Å². The van der Waals surface area contributed by atoms with Gasteiger partial charge in [-0.3, -0.25) is 4.79 Å². The van der Waals surface area contributed by atoms with E-state index in [1.54, 1.807) is 24.3 Å². The van der Waals surface area contributed by atoms with E-state index in [1.165, 1.54) is 40.7 Å². The van der Waals surface area contributed by atoms with E-state index in [4.69, 9.17) is 4.74 Å². The number of nitrogens with zero attached hydrogens (tertiary/aromatic N) is 1. The van der Waals surface area contributed by atoms with Crippen LogP contribution >= 0.6 is 0 Å². The average molecular weight is 404 g/mol. The summed E-state index contributed by atoms with van der Waals surface area (Å²) in [6, 6.07) is 12.3. The van der Waals surface area contributed by atoms with Crippen molar-refractivity contribution in [2.24, 2.45) is 0 Å². The SMILES string of the molecule is O=C(/C=C/c1cccc(F)c1)NCc1ccc(S(=O)(=O)N2CCOCC2)cc1. The first-order valence-corrected chi connectivity index (χ1v) is 10.3. The molecular formula is C20H21FN2O4S. The maximum atomic E-state index is 13.1. The molecule has 0 aromatic heterocycles. The summed E-state index contributed by atoms with van der Waals surface area (Å²) in [5, 5.41) is 2.71. The first kappa shape index (κ1) is 20.2. The second kappa shape index (κ2) is 9.09. The van der Waals surface area contributed by atoms with Gasteiger partial charge in [-0.25, -0.2) is 12.8 Å². The highest BCUT2D eigenvalue weighted by molar-refractivity contribution is 7.89. The second-order valence-corrected chi connectivity index (χ2v) is 8.20. The van der Waals surface area contributed by atoms with Crippen LogP contribution < -0.4 is 5.32 Å². The maximum absolute atomic E-state index is 13.1. The summed E-state index contributed by atoms with van der Waals surface area (Å²) in [6.07, 6.45) is 2.85. The number of halogens is 1. The molecule has 3 rings (SSSR count). The van der Waals surface area contributed by atoms with Crippen molar-refractivity contribution < 1.29 is 22.3 Å². The number of morpholine rings is 1. The van der Waals surface area contributed by atoms with Gasteiger partial charge in [0.05, 0.1) is 18.1 Å². The number of hydrogen-bond acceptors (Lipinski definition) is 4. The third kappa shape index (κ3) is 5.25. The quantitative estimate of drug-likeness (QED) is 0.749. The summed E-state index contributed by atoms with van der Waals surface area (Å²) in [4.78, 5) is 12.1. The molecule has 1 heterocycles. The molecule has 1 saturated heterocycles. The van der Waals surface area contributed by atoms with Gasteiger partial charge in [0.1, 0.15) is 5.82 Å². The van der Waals surface area contributed by atoms with Crippen molar-refractivity contribution in [2.45, 2.75) is 11.4 Å². The zero-order valence-corrected chi connectivity index (χ0v) is 16.0. The highest BCUT2D eigenvalue weighted by Crippen LogP contribution is 2.17. The molecule has 0 radical (unpaired) electrons. The lowest BCUT2D eigenvalue weighted by Gasteiger charge is -2.26. The third-order valence-electron chi connectivity index (χ3n) is 4.27. The Kier molecular flexibility index (Phi) is 6.56. The Balaban J connectivity index is 1.56. The minimum atomic E-state index is -3.53. The Morgan fingerprint density at radius 2 is 1.86 bits per heavy atom. The number of ether oxygens (including phenoxy) is 1. The highest BCUT2D eigenvalue weighted by atomic mass is 32.2. The summed E-state index contributed by atoms with van der Waals surface area (Å²) in [5.41, 5.74) is 1.36. The molecule has 1 fully saturated rings. The van der Waals surface area contributed by atoms with Gasteiger partial charge in [0.2, 0.25) is 15.9 Å². The molecule has 0 saturated carbocycles. The Morgan fingerprint density at radius 3 is 2.54 bits per heavy atom. The lowest BCUT2D eigenvalue weighted by Crippen LogP contribution is -2.40. The van der Waals surface area contributed by atoms with Crippen LogP contribution in [0.15, 0.2) is 59.5 Å². The molecule has 0 aliphatic carbocycles. The number of carbonyl (C=O) groups is 1. The third-order valence-corrected chi connectivity index (χ3v) is 6.19. The first-order chi connectivity index (χ1) is 13.4. The van der Waals surface area contributed by atoms with Crippen molar-refractivity contribution in [1.29, 1.82) is 0 Å². The van der Waals surface area contributed by atoms with E-state index in [0.29, 0.717) is 31.9 Å². The molecule has 0 bridgehead atoms. The zero-order chi connectivity index (χ0) is 20.0. The van der Waals surface area contributed by atoms with Crippen LogP contribution in [-0.4, -0.2) is 44.9 Å². The largest absolute Gasteiger partial charge is 0.379 e. The molecule has 1 aliphatic heterocycles. The standard InChI is InChI=1S/C20H21FN2O4S/c21-18-3-1-2-16(14-18)6-9-20(24)22-15-17-4-7-19(8-5-17)28(25,26)23-10-12-27-13-11-23/h1-9,14H,10-13,15H2,(H,22,24)/b9-6+. The summed E-state index contributed by atoms with van der Waals surface area (Å²) in [7, 11) is -3.53. The minimum Gasteiger partial charge on any atom is -0.379 e. The number of benzene rings is 2. The summed E-state index contributed by atoms with van der Waals surface area (Å²) in [6.45, 7) is 1.73. The molecule has 1 amide bonds. The minimum absolute atomic E-state index is 0.218. The number of sulfonamides is 1. The Labute approximate surface area is 163 Å². The molecule has 2 aromatic carbocycles. The van der Waals surface area contributed by atoms with Gasteiger partial charge >= 0.3 is 0 Å². The molecular weight excluding hydrogens is 383 g/mol. The molecule has 8 heteroatoms. The van der Waals surface area contributed by atoms with E-state index >= 15 is 0 Å². The van der Waals surface area contributed by atoms with E-state index in [-0.39, 0.29) is 23.2 Å². The monoisotopic (exact) mass is 404 g/mol. The van der Waals surface area contributed by atoms with Gasteiger partial charge in [0.25, 0.3) is 0 Å². The molecule has 6 nitrogen and oxygen atoms in total. The normalized spacial score (nSPS) is 15.6. The fourth-order valence-electron chi connectivity index (χ4n) is 2.75. The number of carbonyl (C=O) groups excluding carboxylic acids is 1. The summed E-state index contributed by atoms with van der Waals surface area (Å²) < 4.78 is 44.9. The fraction of sp³-hybridized carbons (Fsp3) is 0.250. The van der Waals surface area contributed by atoms with Crippen LogP contribution in [0.4, 0.5) is 4.39 Å². The Hall–Kier alpha value is -2.55. The van der Waals surface area contributed by atoms with Crippen LogP contribution in [0.2, 0.25) is 0 Å². The van der Waals surface area contributed by atoms with Crippen LogP contribution in [0.1, 0.15) is 11.1 Å². The van der Waals surface area contributed by atoms with Crippen LogP contribution in [-0.2, 0) is 26.1 Å². The van der Waals surface area contributed by atoms with Crippen molar-refractivity contribution in [3.63, 3.8) is 0 Å². The van der Waals surface area contributed by atoms with Crippen molar-refractivity contribution in [3.05, 3.63) is 71.6 Å². The van der Waals surface area contributed by atoms with E-state index in [0.717, 1.165) is 5.56 Å². The van der Waals surface area contributed by atoms with Gasteiger partial charge in [0.15, 0.2) is 0 Å². The first-order valence-electron chi connectivity index (χ1n) is 8.83. The molecule has 0 atom stereocenters. The number of hydrogen-bond donors (Lipinski definition) is 1. The average Bonchev–Trinajstić information content (AvgIpc) is 2.72. The molecule has 2 aromatic rings. The van der Waals surface area contributed by atoms with Gasteiger partial charge < -0.3 is 10.1 Å². The number of amides is 1. The van der Waals surface area contributed by atoms with Crippen LogP contribution in [0.5, 0.6) is 0 Å². The predicted octanol–water partition coefficient (Wildman–Crippen LogP) is 2.18. The second-order valence-electron chi connectivity index (χ2n) is 6.27. The smallest absolute Gasteiger partial charge is 0.244 e. The van der Waals surface area contributed by atoms with Gasteiger partial charge in [-0.1, -0.05) is 24.3 Å². The van der Waals surface area contributed by atoms with E-state index in [9.17, 15) is 17.6 Å². The van der Waals surface area contributed by atoms with Crippen molar-refractivity contribution in [1.82, 2.24) is 9.62 Å². The molecule has 28 heavy (non-hydrogen) atoms. The van der Waals surface area contributed by atoms with Gasteiger partial charge in [-0.15, -0.1) is 0 Å². The van der Waals surface area contributed by atoms with Gasteiger partial charge in [-0.2, -0.15) is 4.31 Å². The molecule has 0 spiro atoms. The Bertz CT molecular complexity index is 952. The maximum Gasteiger partial charge on any atom is 0.244 e. The molecule has 148 valence electrons. The lowest BCUT2D eigenvalue weighted by atomic mass is 10.2. The molecule has 1 N–H and O–H groups in total. The van der Waals surface area contributed by atoms with Crippen molar-refractivity contribution in [3.8, 4) is 0 Å². The van der Waals surface area contributed by atoms with Crippen LogP contribution in [0.3, 0.4) is 0 Å². The van der Waals surface area contributed by atoms with E-state index in [1.807, 2.05) is 0 Å². The van der Waals surface area contributed by atoms with Crippen molar-refractivity contribution >= 4 is 22.0 Å². The van der Waals surface area contributed by atoms with E-state index in [2.05, 4.69) is 5.32 Å². The number of rotatable bonds is 6. The highest BCUT2D eigenvalue weighted by Gasteiger charge is 2.25. The number of nitrogens with one attached hydrogen (secondary N) is 1. The fourth-order valence-corrected chi connectivity index (χ4v) is 4.15. The topological polar surface area (TPSA) is 75.7 Å². The Morgan fingerprint density at radius 1 is 1.14 bits per heavy atom. The molecule has 0 unspecified atom stereocenters. The summed E-state index contributed by atoms with van der Waals surface area (Å²) >= 11 is 0. The van der Waals surface area contributed by atoms with E-state index < -0.39 is 10.0 Å². The summed E-state index contributed by atoms with van der Waals surface area (Å²) in [5.74, 6) is -0.691. The van der Waals surface area contributed by atoms with Crippen LogP contribution in [0, 0.1) is 5.82 Å².